The van der Waals surface area contributed by atoms with Crippen molar-refractivity contribution >= 4 is 45.0 Å². The van der Waals surface area contributed by atoms with Crippen molar-refractivity contribution in [2.45, 2.75) is 23.8 Å². The first-order chi connectivity index (χ1) is 13.0. The van der Waals surface area contributed by atoms with E-state index in [0.717, 1.165) is 15.7 Å². The summed E-state index contributed by atoms with van der Waals surface area (Å²) in [6, 6.07) is 15.0. The normalized spacial score (nSPS) is 12.0. The van der Waals surface area contributed by atoms with Gasteiger partial charge in [-0.2, -0.15) is 0 Å². The van der Waals surface area contributed by atoms with Gasteiger partial charge in [0.15, 0.2) is 11.0 Å². The first-order valence-corrected chi connectivity index (χ1v) is 10.1. The van der Waals surface area contributed by atoms with Gasteiger partial charge in [0.2, 0.25) is 5.91 Å². The maximum Gasteiger partial charge on any atom is 0.237 e. The molecule has 27 heavy (non-hydrogen) atoms. The molecule has 140 valence electrons. The van der Waals surface area contributed by atoms with Crippen LogP contribution in [0.4, 0.5) is 11.4 Å². The van der Waals surface area contributed by atoms with Crippen LogP contribution in [0.5, 0.6) is 0 Å². The number of aromatic nitrogens is 3. The lowest BCUT2D eigenvalue weighted by Gasteiger charge is -2.14. The number of hydrogen-bond acceptors (Lipinski definition) is 5. The lowest BCUT2D eigenvalue weighted by Crippen LogP contribution is -2.25. The van der Waals surface area contributed by atoms with Crippen LogP contribution in [0.25, 0.3) is 11.4 Å². The number of carbonyl (C=O) groups excluding carboxylic acids is 1. The third kappa shape index (κ3) is 4.70. The second-order valence-electron chi connectivity index (χ2n) is 6.00. The van der Waals surface area contributed by atoms with Crippen LogP contribution in [0.3, 0.4) is 0 Å². The Balaban J connectivity index is 1.74. The molecule has 0 saturated heterocycles. The van der Waals surface area contributed by atoms with Crippen molar-refractivity contribution in [3.05, 3.63) is 53.0 Å². The number of thioether (sulfide) groups is 1. The summed E-state index contributed by atoms with van der Waals surface area (Å²) in [5.74, 6) is 0.659. The number of nitrogens with one attached hydrogen (secondary N) is 1. The highest BCUT2D eigenvalue weighted by Crippen LogP contribution is 2.28. The van der Waals surface area contributed by atoms with Crippen LogP contribution in [0, 0.1) is 0 Å². The minimum absolute atomic E-state index is 0.0571. The van der Waals surface area contributed by atoms with E-state index >= 15 is 0 Å². The van der Waals surface area contributed by atoms with Gasteiger partial charge >= 0.3 is 0 Å². The Morgan fingerprint density at radius 1 is 1.26 bits per heavy atom. The number of amides is 1. The van der Waals surface area contributed by atoms with Crippen LogP contribution in [0.1, 0.15) is 13.3 Å². The smallest absolute Gasteiger partial charge is 0.237 e. The summed E-state index contributed by atoms with van der Waals surface area (Å²) in [5, 5.41) is 11.9. The van der Waals surface area contributed by atoms with E-state index in [-0.39, 0.29) is 11.2 Å². The lowest BCUT2D eigenvalue weighted by atomic mass is 10.2. The van der Waals surface area contributed by atoms with Gasteiger partial charge in [0, 0.05) is 28.5 Å². The van der Waals surface area contributed by atoms with Gasteiger partial charge in [-0.1, -0.05) is 46.7 Å². The first-order valence-electron chi connectivity index (χ1n) is 8.46. The fourth-order valence-corrected chi connectivity index (χ4v) is 3.74. The number of nitrogen functional groups attached to an aromatic ring is 1. The summed E-state index contributed by atoms with van der Waals surface area (Å²) in [7, 11) is 1.89. The first kappa shape index (κ1) is 19.4. The quantitative estimate of drug-likeness (QED) is 0.435. The minimum Gasteiger partial charge on any atom is -0.399 e. The standard InChI is InChI=1S/C19H20BrN5OS/c1-3-16(18(26)22-15-9-7-13(20)8-10-15)27-19-24-23-17(25(19)2)12-5-4-6-14(21)11-12/h4-11,16H,3,21H2,1-2H3,(H,22,26)/t16-/m1/s1. The summed E-state index contributed by atoms with van der Waals surface area (Å²) in [6.07, 6.45) is 0.674. The number of benzene rings is 2. The lowest BCUT2D eigenvalue weighted by molar-refractivity contribution is -0.115. The van der Waals surface area contributed by atoms with Gasteiger partial charge in [-0.25, -0.2) is 0 Å². The molecule has 1 heterocycles. The Kier molecular flexibility index (Phi) is 6.18. The largest absolute Gasteiger partial charge is 0.399 e. The molecule has 0 bridgehead atoms. The average Bonchev–Trinajstić information content (AvgIpc) is 3.02. The van der Waals surface area contributed by atoms with Crippen LogP contribution in [-0.4, -0.2) is 25.9 Å². The Bertz CT molecular complexity index is 942. The van der Waals surface area contributed by atoms with Crippen LogP contribution in [0.2, 0.25) is 0 Å². The van der Waals surface area contributed by atoms with Crippen LogP contribution < -0.4 is 11.1 Å². The minimum atomic E-state index is -0.273. The van der Waals surface area contributed by atoms with E-state index in [1.54, 1.807) is 0 Å². The Hall–Kier alpha value is -2.32. The Morgan fingerprint density at radius 3 is 2.67 bits per heavy atom. The number of nitrogens with two attached hydrogens (primary N) is 1. The highest BCUT2D eigenvalue weighted by Gasteiger charge is 2.22. The molecule has 6 nitrogen and oxygen atoms in total. The second-order valence-corrected chi connectivity index (χ2v) is 8.09. The second kappa shape index (κ2) is 8.58. The van der Waals surface area contributed by atoms with Crippen LogP contribution in [-0.2, 0) is 11.8 Å². The van der Waals surface area contributed by atoms with Gasteiger partial charge in [0.05, 0.1) is 5.25 Å². The molecule has 2 aromatic carbocycles. The van der Waals surface area contributed by atoms with Crippen molar-refractivity contribution in [3.8, 4) is 11.4 Å². The van der Waals surface area contributed by atoms with Gasteiger partial charge in [-0.3, -0.25) is 4.79 Å². The number of hydrogen-bond donors (Lipinski definition) is 2. The van der Waals surface area contributed by atoms with Crippen LogP contribution in [0.15, 0.2) is 58.2 Å². The summed E-state index contributed by atoms with van der Waals surface area (Å²) < 4.78 is 2.85. The highest BCUT2D eigenvalue weighted by atomic mass is 79.9. The topological polar surface area (TPSA) is 85.8 Å². The highest BCUT2D eigenvalue weighted by molar-refractivity contribution is 9.10. The predicted octanol–water partition coefficient (Wildman–Crippen LogP) is 4.34. The molecule has 0 aliphatic rings. The van der Waals surface area contributed by atoms with Gasteiger partial charge in [-0.15, -0.1) is 10.2 Å². The zero-order valence-electron chi connectivity index (χ0n) is 15.0. The van der Waals surface area contributed by atoms with E-state index in [2.05, 4.69) is 31.4 Å². The zero-order valence-corrected chi connectivity index (χ0v) is 17.4. The van der Waals surface area contributed by atoms with Gasteiger partial charge in [-0.05, 0) is 42.8 Å². The molecule has 1 amide bonds. The van der Waals surface area contributed by atoms with E-state index in [0.29, 0.717) is 23.1 Å². The maximum absolute atomic E-state index is 12.6. The fourth-order valence-electron chi connectivity index (χ4n) is 2.55. The Morgan fingerprint density at radius 2 is 2.00 bits per heavy atom. The van der Waals surface area contributed by atoms with Gasteiger partial charge in [0.1, 0.15) is 0 Å². The van der Waals surface area contributed by atoms with E-state index in [1.165, 1.54) is 11.8 Å². The van der Waals surface area contributed by atoms with Crippen molar-refractivity contribution in [3.63, 3.8) is 0 Å². The van der Waals surface area contributed by atoms with E-state index < -0.39 is 0 Å². The molecule has 0 aliphatic carbocycles. The number of nitrogens with zero attached hydrogens (tertiary/aromatic N) is 3. The molecule has 0 fully saturated rings. The zero-order chi connectivity index (χ0) is 19.4. The van der Waals surface area contributed by atoms with Gasteiger partial charge in [0.25, 0.3) is 0 Å². The molecule has 0 radical (unpaired) electrons. The Labute approximate surface area is 170 Å². The van der Waals surface area contributed by atoms with Crippen molar-refractivity contribution in [1.82, 2.24) is 14.8 Å². The molecule has 3 N–H and O–H groups in total. The molecular weight excluding hydrogens is 426 g/mol. The molecule has 3 rings (SSSR count). The van der Waals surface area contributed by atoms with Crippen molar-refractivity contribution in [2.24, 2.45) is 7.05 Å². The summed E-state index contributed by atoms with van der Waals surface area (Å²) in [6.45, 7) is 1.98. The summed E-state index contributed by atoms with van der Waals surface area (Å²) in [4.78, 5) is 12.6. The van der Waals surface area contributed by atoms with E-state index in [4.69, 9.17) is 5.73 Å². The summed E-state index contributed by atoms with van der Waals surface area (Å²) in [5.41, 5.74) is 8.19. The van der Waals surface area contributed by atoms with E-state index in [9.17, 15) is 4.79 Å². The molecule has 0 aliphatic heterocycles. The molecular formula is C19H20BrN5OS. The molecule has 1 aromatic heterocycles. The van der Waals surface area contributed by atoms with Crippen molar-refractivity contribution in [2.75, 3.05) is 11.1 Å². The molecule has 1 atom stereocenters. The predicted molar refractivity (Wildman–Crippen MR) is 114 cm³/mol. The number of halogens is 1. The maximum atomic E-state index is 12.6. The number of rotatable bonds is 6. The average molecular weight is 446 g/mol. The van der Waals surface area contributed by atoms with Crippen molar-refractivity contribution in [1.29, 1.82) is 0 Å². The third-order valence-corrected chi connectivity index (χ3v) is 5.93. The molecule has 0 spiro atoms. The molecule has 0 unspecified atom stereocenters. The molecule has 8 heteroatoms. The van der Waals surface area contributed by atoms with Crippen molar-refractivity contribution < 1.29 is 4.79 Å². The number of anilines is 2. The number of carbonyl (C=O) groups is 1. The SMILES string of the molecule is CC[C@@H](Sc1nnc(-c2cccc(N)c2)n1C)C(=O)Nc1ccc(Br)cc1. The van der Waals surface area contributed by atoms with E-state index in [1.807, 2.05) is 67.1 Å². The molecule has 0 saturated carbocycles. The molecule has 3 aromatic rings. The van der Waals surface area contributed by atoms with Crippen LogP contribution >= 0.6 is 27.7 Å². The summed E-state index contributed by atoms with van der Waals surface area (Å²) >= 11 is 4.79. The fraction of sp³-hybridized carbons (Fsp3) is 0.211. The monoisotopic (exact) mass is 445 g/mol. The van der Waals surface area contributed by atoms with Gasteiger partial charge < -0.3 is 15.6 Å². The third-order valence-electron chi connectivity index (χ3n) is 4.00.